The molecular formula is C19H19N3O3. The lowest BCUT2D eigenvalue weighted by Crippen LogP contribution is -2.32. The number of pyridine rings is 2. The van der Waals surface area contributed by atoms with E-state index in [-0.39, 0.29) is 18.0 Å². The molecule has 6 nitrogen and oxygen atoms in total. The SMILES string of the molecule is CCN(Cc1cc2ccc(OC)cc2[nH]c1=O)C(=O)c1ccncc1. The standard InChI is InChI=1S/C19H19N3O3/c1-3-22(19(24)13-6-8-20-9-7-13)12-15-10-14-4-5-16(25-2)11-17(14)21-18(15)23/h4-11H,3,12H2,1-2H3,(H,21,23). The number of ether oxygens (including phenoxy) is 1. The van der Waals surface area contributed by atoms with Gasteiger partial charge < -0.3 is 14.6 Å². The Balaban J connectivity index is 1.91. The van der Waals surface area contributed by atoms with Crippen LogP contribution >= 0.6 is 0 Å². The Kier molecular flexibility index (Phi) is 4.79. The van der Waals surface area contributed by atoms with Crippen LogP contribution in [0.1, 0.15) is 22.8 Å². The fraction of sp³-hybridized carbons (Fsp3) is 0.211. The van der Waals surface area contributed by atoms with Gasteiger partial charge in [0.2, 0.25) is 0 Å². The average molecular weight is 337 g/mol. The highest BCUT2D eigenvalue weighted by Crippen LogP contribution is 2.19. The molecule has 6 heteroatoms. The molecule has 1 amide bonds. The number of fused-ring (bicyclic) bond motifs is 1. The third kappa shape index (κ3) is 3.52. The predicted molar refractivity (Wildman–Crippen MR) is 95.8 cm³/mol. The Hall–Kier alpha value is -3.15. The number of amides is 1. The summed E-state index contributed by atoms with van der Waals surface area (Å²) >= 11 is 0. The number of hydrogen-bond donors (Lipinski definition) is 1. The van der Waals surface area contributed by atoms with Crippen molar-refractivity contribution >= 4 is 16.8 Å². The molecule has 0 saturated heterocycles. The minimum Gasteiger partial charge on any atom is -0.497 e. The maximum Gasteiger partial charge on any atom is 0.254 e. The summed E-state index contributed by atoms with van der Waals surface area (Å²) in [6.07, 6.45) is 3.16. The van der Waals surface area contributed by atoms with Crippen molar-refractivity contribution in [3.05, 3.63) is 70.3 Å². The van der Waals surface area contributed by atoms with Crippen LogP contribution < -0.4 is 10.3 Å². The summed E-state index contributed by atoms with van der Waals surface area (Å²) in [5.41, 5.74) is 1.60. The molecule has 1 N–H and O–H groups in total. The Morgan fingerprint density at radius 3 is 2.64 bits per heavy atom. The molecule has 0 spiro atoms. The van der Waals surface area contributed by atoms with Crippen molar-refractivity contribution in [2.24, 2.45) is 0 Å². The van der Waals surface area contributed by atoms with Crippen LogP contribution in [0.5, 0.6) is 5.75 Å². The van der Waals surface area contributed by atoms with Crippen LogP contribution in [0, 0.1) is 0 Å². The second kappa shape index (κ2) is 7.17. The molecule has 0 atom stereocenters. The second-order valence-corrected chi connectivity index (χ2v) is 5.63. The molecule has 0 aliphatic carbocycles. The molecule has 0 radical (unpaired) electrons. The van der Waals surface area contributed by atoms with Gasteiger partial charge in [0.25, 0.3) is 11.5 Å². The summed E-state index contributed by atoms with van der Waals surface area (Å²) in [6, 6.07) is 10.7. The zero-order valence-corrected chi connectivity index (χ0v) is 14.2. The van der Waals surface area contributed by atoms with Crippen LogP contribution in [-0.2, 0) is 6.54 Å². The van der Waals surface area contributed by atoms with Crippen molar-refractivity contribution in [3.63, 3.8) is 0 Å². The monoisotopic (exact) mass is 337 g/mol. The van der Waals surface area contributed by atoms with Gasteiger partial charge in [-0.3, -0.25) is 14.6 Å². The molecule has 3 rings (SSSR count). The number of nitrogens with zero attached hydrogens (tertiary/aromatic N) is 2. The Bertz CT molecular complexity index is 951. The highest BCUT2D eigenvalue weighted by molar-refractivity contribution is 5.94. The van der Waals surface area contributed by atoms with Gasteiger partial charge in [-0.2, -0.15) is 0 Å². The number of nitrogens with one attached hydrogen (secondary N) is 1. The van der Waals surface area contributed by atoms with Gasteiger partial charge in [-0.15, -0.1) is 0 Å². The molecule has 128 valence electrons. The van der Waals surface area contributed by atoms with E-state index in [1.165, 1.54) is 0 Å². The van der Waals surface area contributed by atoms with E-state index < -0.39 is 0 Å². The number of H-pyrrole nitrogens is 1. The van der Waals surface area contributed by atoms with Crippen LogP contribution in [0.4, 0.5) is 0 Å². The van der Waals surface area contributed by atoms with E-state index in [1.807, 2.05) is 25.1 Å². The summed E-state index contributed by atoms with van der Waals surface area (Å²) in [5, 5.41) is 0.891. The second-order valence-electron chi connectivity index (χ2n) is 5.63. The number of aromatic nitrogens is 2. The van der Waals surface area contributed by atoms with Gasteiger partial charge in [-0.25, -0.2) is 0 Å². The average Bonchev–Trinajstić information content (AvgIpc) is 2.66. The van der Waals surface area contributed by atoms with Gasteiger partial charge in [0.15, 0.2) is 0 Å². The number of aromatic amines is 1. The maximum absolute atomic E-state index is 12.6. The van der Waals surface area contributed by atoms with Crippen molar-refractivity contribution in [2.75, 3.05) is 13.7 Å². The van der Waals surface area contributed by atoms with E-state index in [0.29, 0.717) is 28.9 Å². The fourth-order valence-corrected chi connectivity index (χ4v) is 2.68. The lowest BCUT2D eigenvalue weighted by molar-refractivity contribution is 0.0752. The highest BCUT2D eigenvalue weighted by Gasteiger charge is 2.16. The molecule has 0 fully saturated rings. The summed E-state index contributed by atoms with van der Waals surface area (Å²) in [5.74, 6) is 0.554. The van der Waals surface area contributed by atoms with E-state index in [4.69, 9.17) is 4.74 Å². The topological polar surface area (TPSA) is 75.3 Å². The van der Waals surface area contributed by atoms with Crippen LogP contribution in [0.2, 0.25) is 0 Å². The van der Waals surface area contributed by atoms with Gasteiger partial charge in [0.1, 0.15) is 5.75 Å². The van der Waals surface area contributed by atoms with Gasteiger partial charge in [-0.05, 0) is 42.6 Å². The predicted octanol–water partition coefficient (Wildman–Crippen LogP) is 2.59. The van der Waals surface area contributed by atoms with Crippen molar-refractivity contribution < 1.29 is 9.53 Å². The summed E-state index contributed by atoms with van der Waals surface area (Å²) in [4.78, 5) is 33.4. The zero-order valence-electron chi connectivity index (χ0n) is 14.2. The number of hydrogen-bond acceptors (Lipinski definition) is 4. The molecule has 0 bridgehead atoms. The van der Waals surface area contributed by atoms with Crippen LogP contribution in [0.25, 0.3) is 10.9 Å². The van der Waals surface area contributed by atoms with Gasteiger partial charge in [0, 0.05) is 36.1 Å². The first-order valence-corrected chi connectivity index (χ1v) is 8.01. The smallest absolute Gasteiger partial charge is 0.254 e. The molecule has 0 unspecified atom stereocenters. The third-order valence-corrected chi connectivity index (χ3v) is 4.09. The number of carbonyl (C=O) groups is 1. The summed E-state index contributed by atoms with van der Waals surface area (Å²) < 4.78 is 5.17. The molecule has 3 aromatic rings. The summed E-state index contributed by atoms with van der Waals surface area (Å²) in [7, 11) is 1.58. The first-order chi connectivity index (χ1) is 12.1. The minimum absolute atomic E-state index is 0.126. The number of rotatable bonds is 5. The molecule has 0 saturated carbocycles. The van der Waals surface area contributed by atoms with Crippen molar-refractivity contribution in [3.8, 4) is 5.75 Å². The van der Waals surface area contributed by atoms with E-state index in [2.05, 4.69) is 9.97 Å². The number of methoxy groups -OCH3 is 1. The highest BCUT2D eigenvalue weighted by atomic mass is 16.5. The molecule has 1 aromatic carbocycles. The Morgan fingerprint density at radius 2 is 1.96 bits per heavy atom. The van der Waals surface area contributed by atoms with E-state index in [1.54, 1.807) is 42.6 Å². The van der Waals surface area contributed by atoms with Crippen molar-refractivity contribution in [1.82, 2.24) is 14.9 Å². The Labute approximate surface area is 145 Å². The number of carbonyl (C=O) groups excluding carboxylic acids is 1. The van der Waals surface area contributed by atoms with Gasteiger partial charge >= 0.3 is 0 Å². The van der Waals surface area contributed by atoms with E-state index in [0.717, 1.165) is 5.39 Å². The Morgan fingerprint density at radius 1 is 1.20 bits per heavy atom. The summed E-state index contributed by atoms with van der Waals surface area (Å²) in [6.45, 7) is 2.63. The van der Waals surface area contributed by atoms with Crippen molar-refractivity contribution in [2.45, 2.75) is 13.5 Å². The quantitative estimate of drug-likeness (QED) is 0.776. The van der Waals surface area contributed by atoms with Crippen molar-refractivity contribution in [1.29, 1.82) is 0 Å². The minimum atomic E-state index is -0.207. The van der Waals surface area contributed by atoms with Gasteiger partial charge in [-0.1, -0.05) is 0 Å². The fourth-order valence-electron chi connectivity index (χ4n) is 2.68. The number of benzene rings is 1. The first kappa shape index (κ1) is 16.7. The molecule has 0 aliphatic heterocycles. The largest absolute Gasteiger partial charge is 0.497 e. The molecular weight excluding hydrogens is 318 g/mol. The van der Waals surface area contributed by atoms with Crippen LogP contribution in [0.3, 0.4) is 0 Å². The third-order valence-electron chi connectivity index (χ3n) is 4.09. The van der Waals surface area contributed by atoms with E-state index >= 15 is 0 Å². The normalized spacial score (nSPS) is 10.6. The van der Waals surface area contributed by atoms with Crippen LogP contribution in [0.15, 0.2) is 53.6 Å². The van der Waals surface area contributed by atoms with E-state index in [9.17, 15) is 9.59 Å². The first-order valence-electron chi connectivity index (χ1n) is 8.01. The molecule has 0 aliphatic rings. The van der Waals surface area contributed by atoms with Gasteiger partial charge in [0.05, 0.1) is 19.2 Å². The lowest BCUT2D eigenvalue weighted by atomic mass is 10.1. The maximum atomic E-state index is 12.6. The van der Waals surface area contributed by atoms with Crippen LogP contribution in [-0.4, -0.2) is 34.4 Å². The molecule has 25 heavy (non-hydrogen) atoms. The molecule has 2 aromatic heterocycles. The zero-order chi connectivity index (χ0) is 17.8. The molecule has 2 heterocycles. The lowest BCUT2D eigenvalue weighted by Gasteiger charge is -2.20.